The van der Waals surface area contributed by atoms with Gasteiger partial charge in [0.1, 0.15) is 18.0 Å². The maximum absolute atomic E-state index is 12.6. The van der Waals surface area contributed by atoms with E-state index in [2.05, 4.69) is 27.3 Å². The fourth-order valence-corrected chi connectivity index (χ4v) is 3.55. The Balaban J connectivity index is 1.27. The molecule has 0 fully saturated rings. The highest BCUT2D eigenvalue weighted by atomic mass is 16.5. The molecule has 0 aliphatic heterocycles. The third-order valence-corrected chi connectivity index (χ3v) is 5.21. The summed E-state index contributed by atoms with van der Waals surface area (Å²) in [7, 11) is 2.05. The minimum Gasteiger partial charge on any atom is -0.487 e. The van der Waals surface area contributed by atoms with Crippen molar-refractivity contribution in [1.82, 2.24) is 19.6 Å². The van der Waals surface area contributed by atoms with E-state index in [4.69, 9.17) is 4.74 Å². The topological polar surface area (TPSA) is 58.9 Å². The number of hydrogen-bond donors (Lipinski definition) is 1. The van der Waals surface area contributed by atoms with E-state index in [-0.39, 0.29) is 5.91 Å². The van der Waals surface area contributed by atoms with Crippen LogP contribution in [-0.2, 0) is 13.2 Å². The fourth-order valence-electron chi connectivity index (χ4n) is 3.55. The Morgan fingerprint density at radius 2 is 1.91 bits per heavy atom. The van der Waals surface area contributed by atoms with Gasteiger partial charge in [-0.1, -0.05) is 42.5 Å². The number of aromatic nitrogens is 2. The van der Waals surface area contributed by atoms with E-state index >= 15 is 0 Å². The molecule has 2 aromatic heterocycles. The molecule has 2 aromatic carbocycles. The van der Waals surface area contributed by atoms with Crippen molar-refractivity contribution in [3.8, 4) is 5.75 Å². The lowest BCUT2D eigenvalue weighted by Crippen LogP contribution is -2.32. The quantitative estimate of drug-likeness (QED) is 0.436. The number of aryl methyl sites for hydroxylation is 1. The maximum atomic E-state index is 12.6. The predicted molar refractivity (Wildman–Crippen MR) is 126 cm³/mol. The molecule has 164 valence electrons. The first kappa shape index (κ1) is 21.6. The molecule has 0 aliphatic carbocycles. The Morgan fingerprint density at radius 3 is 2.75 bits per heavy atom. The number of rotatable bonds is 9. The van der Waals surface area contributed by atoms with E-state index < -0.39 is 0 Å². The van der Waals surface area contributed by atoms with Crippen molar-refractivity contribution in [1.29, 1.82) is 0 Å². The Morgan fingerprint density at radius 1 is 1.06 bits per heavy atom. The minimum absolute atomic E-state index is 0.105. The molecule has 0 unspecified atom stereocenters. The van der Waals surface area contributed by atoms with Gasteiger partial charge in [-0.2, -0.15) is 0 Å². The number of imidazole rings is 1. The second kappa shape index (κ2) is 10.1. The number of fused-ring (bicyclic) bond motifs is 1. The number of hydrogen-bond acceptors (Lipinski definition) is 4. The second-order valence-corrected chi connectivity index (χ2v) is 8.00. The van der Waals surface area contributed by atoms with Crippen molar-refractivity contribution in [2.45, 2.75) is 20.1 Å². The first-order valence-corrected chi connectivity index (χ1v) is 10.7. The highest BCUT2D eigenvalue weighted by Crippen LogP contribution is 2.16. The van der Waals surface area contributed by atoms with Crippen molar-refractivity contribution >= 4 is 11.6 Å². The van der Waals surface area contributed by atoms with E-state index in [0.717, 1.165) is 24.4 Å². The van der Waals surface area contributed by atoms with Crippen LogP contribution in [0.2, 0.25) is 0 Å². The second-order valence-electron chi connectivity index (χ2n) is 8.00. The van der Waals surface area contributed by atoms with Crippen LogP contribution in [0.15, 0.2) is 79.1 Å². The monoisotopic (exact) mass is 428 g/mol. The van der Waals surface area contributed by atoms with Gasteiger partial charge in [0.25, 0.3) is 5.91 Å². The van der Waals surface area contributed by atoms with E-state index in [1.54, 1.807) is 12.1 Å². The zero-order valence-corrected chi connectivity index (χ0v) is 18.5. The molecule has 0 aliphatic rings. The summed E-state index contributed by atoms with van der Waals surface area (Å²) in [4.78, 5) is 19.3. The van der Waals surface area contributed by atoms with Crippen LogP contribution in [0.1, 0.15) is 27.2 Å². The first-order chi connectivity index (χ1) is 15.6. The molecule has 2 heterocycles. The molecule has 1 N–H and O–H groups in total. The Hall–Kier alpha value is -3.64. The average Bonchev–Trinajstić information content (AvgIpc) is 3.20. The van der Waals surface area contributed by atoms with E-state index in [1.807, 2.05) is 73.2 Å². The van der Waals surface area contributed by atoms with Crippen molar-refractivity contribution in [3.63, 3.8) is 0 Å². The van der Waals surface area contributed by atoms with E-state index in [0.29, 0.717) is 24.5 Å². The summed E-state index contributed by atoms with van der Waals surface area (Å²) in [5.41, 5.74) is 4.74. The third-order valence-electron chi connectivity index (χ3n) is 5.21. The SMILES string of the molecule is Cc1ccc2nc(COc3cccc(C(=O)NCCN(C)Cc4ccccc4)c3)cn2c1. The molecule has 0 saturated carbocycles. The Labute approximate surface area is 188 Å². The van der Waals surface area contributed by atoms with Gasteiger partial charge in [0.2, 0.25) is 0 Å². The van der Waals surface area contributed by atoms with Crippen LogP contribution in [0.25, 0.3) is 5.65 Å². The molecule has 32 heavy (non-hydrogen) atoms. The van der Waals surface area contributed by atoms with Crippen LogP contribution in [0.4, 0.5) is 0 Å². The van der Waals surface area contributed by atoms with E-state index in [9.17, 15) is 4.79 Å². The summed E-state index contributed by atoms with van der Waals surface area (Å²) in [6.45, 7) is 4.59. The largest absolute Gasteiger partial charge is 0.487 e. The molecule has 1 amide bonds. The maximum Gasteiger partial charge on any atom is 0.251 e. The van der Waals surface area contributed by atoms with Crippen molar-refractivity contribution in [2.75, 3.05) is 20.1 Å². The Bertz CT molecular complexity index is 1190. The molecule has 0 bridgehead atoms. The summed E-state index contributed by atoms with van der Waals surface area (Å²) in [6.07, 6.45) is 4.00. The molecule has 0 saturated heterocycles. The number of likely N-dealkylation sites (N-methyl/N-ethyl adjacent to an activating group) is 1. The molecular formula is C26H28N4O2. The van der Waals surface area contributed by atoms with Gasteiger partial charge in [0.15, 0.2) is 0 Å². The normalized spacial score (nSPS) is 11.1. The Kier molecular flexibility index (Phi) is 6.82. The molecule has 6 heteroatoms. The number of pyridine rings is 1. The van der Waals surface area contributed by atoms with Gasteiger partial charge in [-0.05, 0) is 49.4 Å². The lowest BCUT2D eigenvalue weighted by atomic mass is 10.2. The molecule has 0 spiro atoms. The number of carbonyl (C=O) groups excluding carboxylic acids is 1. The minimum atomic E-state index is -0.105. The van der Waals surface area contributed by atoms with Crippen LogP contribution < -0.4 is 10.1 Å². The molecular weight excluding hydrogens is 400 g/mol. The van der Waals surface area contributed by atoms with Crippen molar-refractivity contribution in [2.24, 2.45) is 0 Å². The van der Waals surface area contributed by atoms with Crippen LogP contribution >= 0.6 is 0 Å². The number of nitrogens with zero attached hydrogens (tertiary/aromatic N) is 3. The van der Waals surface area contributed by atoms with Gasteiger partial charge in [0, 0.05) is 37.6 Å². The lowest BCUT2D eigenvalue weighted by molar-refractivity contribution is 0.0949. The standard InChI is InChI=1S/C26H28N4O2/c1-20-11-12-25-28-23(18-30(25)16-20)19-32-24-10-6-9-22(15-24)26(31)27-13-14-29(2)17-21-7-4-3-5-8-21/h3-12,15-16,18H,13-14,17,19H2,1-2H3,(H,27,31). The van der Waals surface area contributed by atoms with Gasteiger partial charge >= 0.3 is 0 Å². The summed E-state index contributed by atoms with van der Waals surface area (Å²) in [6, 6.07) is 21.6. The molecule has 0 atom stereocenters. The number of amides is 1. The molecule has 4 aromatic rings. The molecule has 0 radical (unpaired) electrons. The van der Waals surface area contributed by atoms with Crippen LogP contribution in [-0.4, -0.2) is 40.3 Å². The van der Waals surface area contributed by atoms with Gasteiger partial charge in [0.05, 0.1) is 5.69 Å². The van der Waals surface area contributed by atoms with Crippen LogP contribution in [0.3, 0.4) is 0 Å². The van der Waals surface area contributed by atoms with Gasteiger partial charge in [-0.25, -0.2) is 4.98 Å². The van der Waals surface area contributed by atoms with Crippen molar-refractivity contribution in [3.05, 3.63) is 102 Å². The smallest absolute Gasteiger partial charge is 0.251 e. The number of benzene rings is 2. The fraction of sp³-hybridized carbons (Fsp3) is 0.231. The van der Waals surface area contributed by atoms with Crippen molar-refractivity contribution < 1.29 is 9.53 Å². The zero-order chi connectivity index (χ0) is 22.3. The number of ether oxygens (including phenoxy) is 1. The summed E-state index contributed by atoms with van der Waals surface area (Å²) >= 11 is 0. The van der Waals surface area contributed by atoms with Gasteiger partial charge in [-0.3, -0.25) is 4.79 Å². The van der Waals surface area contributed by atoms with Crippen LogP contribution in [0, 0.1) is 6.92 Å². The van der Waals surface area contributed by atoms with Gasteiger partial charge < -0.3 is 19.4 Å². The molecule has 4 rings (SSSR count). The predicted octanol–water partition coefficient (Wildman–Crippen LogP) is 4.08. The zero-order valence-electron chi connectivity index (χ0n) is 18.5. The summed E-state index contributed by atoms with van der Waals surface area (Å²) in [5, 5.41) is 2.99. The highest BCUT2D eigenvalue weighted by molar-refractivity contribution is 5.94. The first-order valence-electron chi connectivity index (χ1n) is 10.7. The molecule has 6 nitrogen and oxygen atoms in total. The van der Waals surface area contributed by atoms with E-state index in [1.165, 1.54) is 11.1 Å². The summed E-state index contributed by atoms with van der Waals surface area (Å²) < 4.78 is 7.88. The highest BCUT2D eigenvalue weighted by Gasteiger charge is 2.08. The number of carbonyl (C=O) groups is 1. The number of nitrogens with one attached hydrogen (secondary N) is 1. The lowest BCUT2D eigenvalue weighted by Gasteiger charge is -2.17. The van der Waals surface area contributed by atoms with Crippen LogP contribution in [0.5, 0.6) is 5.75 Å². The third kappa shape index (κ3) is 5.74. The van der Waals surface area contributed by atoms with Gasteiger partial charge in [-0.15, -0.1) is 0 Å². The average molecular weight is 429 g/mol. The summed E-state index contributed by atoms with van der Waals surface area (Å²) in [5.74, 6) is 0.541.